The fourth-order valence-electron chi connectivity index (χ4n) is 4.77. The lowest BCUT2D eigenvalue weighted by Crippen LogP contribution is -2.53. The monoisotopic (exact) mass is 454 g/mol. The van der Waals surface area contributed by atoms with Gasteiger partial charge in [0.15, 0.2) is 0 Å². The molecule has 1 fully saturated rings. The van der Waals surface area contributed by atoms with E-state index in [1.165, 1.54) is 0 Å². The van der Waals surface area contributed by atoms with Crippen molar-refractivity contribution in [1.82, 2.24) is 4.90 Å². The van der Waals surface area contributed by atoms with Crippen LogP contribution in [0.25, 0.3) is 0 Å². The van der Waals surface area contributed by atoms with Crippen LogP contribution in [-0.4, -0.2) is 56.1 Å². The van der Waals surface area contributed by atoms with E-state index in [1.54, 1.807) is 7.11 Å². The van der Waals surface area contributed by atoms with Crippen molar-refractivity contribution in [3.63, 3.8) is 0 Å². The smallest absolute Gasteiger partial charge is 0.259 e. The maximum Gasteiger partial charge on any atom is 0.259 e. The number of aryl methyl sites for hydroxylation is 1. The van der Waals surface area contributed by atoms with Crippen LogP contribution in [0.1, 0.15) is 11.1 Å². The first-order valence-electron chi connectivity index (χ1n) is 11.8. The van der Waals surface area contributed by atoms with E-state index >= 15 is 0 Å². The first-order valence-corrected chi connectivity index (χ1v) is 11.8. The molecule has 2 aliphatic rings. The van der Waals surface area contributed by atoms with Gasteiger partial charge in [-0.3, -0.25) is 4.79 Å². The van der Waals surface area contributed by atoms with Crippen LogP contribution in [-0.2, 0) is 11.2 Å². The average Bonchev–Trinajstić information content (AvgIpc) is 3.20. The number of para-hydroxylation sites is 3. The van der Waals surface area contributed by atoms with Crippen LogP contribution in [0.3, 0.4) is 0 Å². The zero-order valence-electron chi connectivity index (χ0n) is 19.7. The maximum absolute atomic E-state index is 13.6. The number of ether oxygens (including phenoxy) is 1. The normalized spacial score (nSPS) is 18.3. The molecule has 6 heteroatoms. The summed E-state index contributed by atoms with van der Waals surface area (Å²) in [6, 6.07) is 25.9. The van der Waals surface area contributed by atoms with E-state index in [0.717, 1.165) is 60.4 Å². The molecule has 0 N–H and O–H groups in total. The van der Waals surface area contributed by atoms with Crippen molar-refractivity contribution in [2.75, 3.05) is 43.1 Å². The van der Waals surface area contributed by atoms with Crippen LogP contribution in [0.2, 0.25) is 0 Å². The molecule has 0 aliphatic carbocycles. The molecule has 1 saturated heterocycles. The zero-order chi connectivity index (χ0) is 23.5. The number of piperazine rings is 1. The molecular formula is C28H30N4O2. The first kappa shape index (κ1) is 22.0. The van der Waals surface area contributed by atoms with Crippen molar-refractivity contribution in [2.45, 2.75) is 19.4 Å². The molecule has 2 aliphatic heterocycles. The minimum absolute atomic E-state index is 0.0420. The number of aliphatic imine (C=N–C) groups is 1. The summed E-state index contributed by atoms with van der Waals surface area (Å²) in [5.74, 6) is 1.69. The number of anilines is 2. The summed E-state index contributed by atoms with van der Waals surface area (Å²) < 4.78 is 5.57. The van der Waals surface area contributed by atoms with Gasteiger partial charge < -0.3 is 14.5 Å². The van der Waals surface area contributed by atoms with E-state index in [0.29, 0.717) is 6.42 Å². The van der Waals surface area contributed by atoms with Gasteiger partial charge in [0.2, 0.25) is 5.96 Å². The van der Waals surface area contributed by atoms with E-state index in [4.69, 9.17) is 9.73 Å². The summed E-state index contributed by atoms with van der Waals surface area (Å²) in [5.41, 5.74) is 4.20. The van der Waals surface area contributed by atoms with Crippen molar-refractivity contribution < 1.29 is 9.53 Å². The van der Waals surface area contributed by atoms with Gasteiger partial charge in [-0.25, -0.2) is 9.89 Å². The van der Waals surface area contributed by atoms with Crippen molar-refractivity contribution in [2.24, 2.45) is 4.99 Å². The van der Waals surface area contributed by atoms with E-state index in [9.17, 15) is 4.79 Å². The molecule has 1 amide bonds. The Morgan fingerprint density at radius 1 is 0.824 bits per heavy atom. The number of carbonyl (C=O) groups is 1. The highest BCUT2D eigenvalue weighted by Gasteiger charge is 2.39. The van der Waals surface area contributed by atoms with Gasteiger partial charge in [0.1, 0.15) is 11.8 Å². The Kier molecular flexibility index (Phi) is 6.21. The van der Waals surface area contributed by atoms with Crippen LogP contribution in [0.15, 0.2) is 83.9 Å². The van der Waals surface area contributed by atoms with Crippen LogP contribution in [0, 0.1) is 6.92 Å². The van der Waals surface area contributed by atoms with Gasteiger partial charge in [-0.2, -0.15) is 0 Å². The van der Waals surface area contributed by atoms with Gasteiger partial charge in [0, 0.05) is 32.6 Å². The fraction of sp³-hybridized carbons (Fsp3) is 0.286. The fourth-order valence-corrected chi connectivity index (χ4v) is 4.77. The molecule has 0 aromatic heterocycles. The zero-order valence-corrected chi connectivity index (χ0v) is 19.7. The molecule has 174 valence electrons. The molecule has 5 rings (SSSR count). The Labute approximate surface area is 201 Å². The molecule has 1 atom stereocenters. The van der Waals surface area contributed by atoms with Gasteiger partial charge in [-0.1, -0.05) is 60.7 Å². The summed E-state index contributed by atoms with van der Waals surface area (Å²) in [5, 5.41) is 0. The lowest BCUT2D eigenvalue weighted by atomic mass is 10.1. The Morgan fingerprint density at radius 3 is 2.15 bits per heavy atom. The first-order chi connectivity index (χ1) is 16.7. The number of hydrogen-bond acceptors (Lipinski definition) is 5. The van der Waals surface area contributed by atoms with E-state index < -0.39 is 6.04 Å². The number of rotatable bonds is 5. The summed E-state index contributed by atoms with van der Waals surface area (Å²) in [7, 11) is 1.71. The van der Waals surface area contributed by atoms with Gasteiger partial charge >= 0.3 is 0 Å². The minimum Gasteiger partial charge on any atom is -0.495 e. The van der Waals surface area contributed by atoms with Gasteiger partial charge in [0.25, 0.3) is 5.91 Å². The Morgan fingerprint density at radius 2 is 1.44 bits per heavy atom. The molecule has 0 saturated carbocycles. The third-order valence-electron chi connectivity index (χ3n) is 6.59. The summed E-state index contributed by atoms with van der Waals surface area (Å²) in [6.07, 6.45) is 0.604. The highest BCUT2D eigenvalue weighted by Crippen LogP contribution is 2.31. The Bertz CT molecular complexity index is 1190. The highest BCUT2D eigenvalue weighted by atomic mass is 16.5. The molecule has 3 aromatic rings. The molecule has 2 heterocycles. The van der Waals surface area contributed by atoms with E-state index in [2.05, 4.69) is 28.0 Å². The number of benzene rings is 3. The number of guanidine groups is 1. The van der Waals surface area contributed by atoms with Crippen LogP contribution >= 0.6 is 0 Å². The Balaban J connectivity index is 1.41. The maximum atomic E-state index is 13.6. The molecule has 0 radical (unpaired) electrons. The van der Waals surface area contributed by atoms with Gasteiger partial charge in [-0.05, 0) is 36.2 Å². The molecule has 0 spiro atoms. The number of amides is 1. The number of nitrogens with zero attached hydrogens (tertiary/aromatic N) is 4. The predicted octanol–water partition coefficient (Wildman–Crippen LogP) is 4.14. The Hall–Kier alpha value is -3.80. The quantitative estimate of drug-likeness (QED) is 0.581. The third kappa shape index (κ3) is 4.23. The van der Waals surface area contributed by atoms with Crippen LogP contribution in [0.5, 0.6) is 5.75 Å². The summed E-state index contributed by atoms with van der Waals surface area (Å²) in [4.78, 5) is 25.1. The average molecular weight is 455 g/mol. The topological polar surface area (TPSA) is 48.4 Å². The standard InChI is InChI=1S/C28H30N4O2/c1-21-10-6-7-13-24(21)32-27(33)23(20-22-11-4-3-5-12-22)29-28(32)31-18-16-30(17-19-31)25-14-8-9-15-26(25)34-2/h3-15,23H,16-20H2,1-2H3. The third-order valence-corrected chi connectivity index (χ3v) is 6.59. The summed E-state index contributed by atoms with van der Waals surface area (Å²) in [6.45, 7) is 5.27. The second-order valence-corrected chi connectivity index (χ2v) is 8.74. The van der Waals surface area contributed by atoms with Gasteiger partial charge in [0.05, 0.1) is 18.5 Å². The van der Waals surface area contributed by atoms with E-state index in [-0.39, 0.29) is 5.91 Å². The second kappa shape index (κ2) is 9.59. The summed E-state index contributed by atoms with van der Waals surface area (Å²) >= 11 is 0. The molecule has 0 bridgehead atoms. The van der Waals surface area contributed by atoms with Crippen molar-refractivity contribution >= 4 is 23.2 Å². The molecule has 34 heavy (non-hydrogen) atoms. The molecule has 6 nitrogen and oxygen atoms in total. The largest absolute Gasteiger partial charge is 0.495 e. The SMILES string of the molecule is COc1ccccc1N1CCN(C2=NC(Cc3ccccc3)C(=O)N2c2ccccc2C)CC1. The second-order valence-electron chi connectivity index (χ2n) is 8.74. The highest BCUT2D eigenvalue weighted by molar-refractivity contribution is 6.22. The van der Waals surface area contributed by atoms with Crippen molar-refractivity contribution in [3.8, 4) is 5.75 Å². The molecule has 3 aromatic carbocycles. The lowest BCUT2D eigenvalue weighted by Gasteiger charge is -2.39. The van der Waals surface area contributed by atoms with Crippen molar-refractivity contribution in [3.05, 3.63) is 90.0 Å². The van der Waals surface area contributed by atoms with Crippen LogP contribution < -0.4 is 14.5 Å². The minimum atomic E-state index is -0.413. The van der Waals surface area contributed by atoms with Crippen molar-refractivity contribution in [1.29, 1.82) is 0 Å². The predicted molar refractivity (Wildman–Crippen MR) is 137 cm³/mol. The number of methoxy groups -OCH3 is 1. The molecular weight excluding hydrogens is 424 g/mol. The van der Waals surface area contributed by atoms with Crippen LogP contribution in [0.4, 0.5) is 11.4 Å². The molecule has 1 unspecified atom stereocenters. The lowest BCUT2D eigenvalue weighted by molar-refractivity contribution is -0.118. The van der Waals surface area contributed by atoms with E-state index in [1.807, 2.05) is 72.5 Å². The van der Waals surface area contributed by atoms with Gasteiger partial charge in [-0.15, -0.1) is 0 Å². The number of hydrogen-bond donors (Lipinski definition) is 0. The number of carbonyl (C=O) groups excluding carboxylic acids is 1.